The van der Waals surface area contributed by atoms with E-state index in [9.17, 15) is 9.59 Å². The molecule has 0 unspecified atom stereocenters. The topological polar surface area (TPSA) is 72.2 Å². The Morgan fingerprint density at radius 3 is 2.23 bits per heavy atom. The van der Waals surface area contributed by atoms with Crippen molar-refractivity contribution in [2.75, 3.05) is 5.32 Å². The Morgan fingerprint density at radius 1 is 1.14 bits per heavy atom. The molecule has 5 heteroatoms. The largest absolute Gasteiger partial charge is 0.365 e. The molecule has 0 radical (unpaired) electrons. The normalized spacial score (nSPS) is 10.8. The van der Waals surface area contributed by atoms with Crippen LogP contribution in [0.1, 0.15) is 56.5 Å². The molecule has 2 amide bonds. The van der Waals surface area contributed by atoms with E-state index in [1.54, 1.807) is 12.1 Å². The molecule has 2 aromatic rings. The van der Waals surface area contributed by atoms with Crippen LogP contribution in [0.15, 0.2) is 24.3 Å². The number of amides is 2. The van der Waals surface area contributed by atoms with Crippen LogP contribution in [0.5, 0.6) is 0 Å². The summed E-state index contributed by atoms with van der Waals surface area (Å²) >= 11 is 1.37. The Morgan fingerprint density at radius 2 is 1.73 bits per heavy atom. The summed E-state index contributed by atoms with van der Waals surface area (Å²) in [4.78, 5) is 24.9. The van der Waals surface area contributed by atoms with Crippen LogP contribution in [0.25, 0.3) is 0 Å². The van der Waals surface area contributed by atoms with Gasteiger partial charge in [0.2, 0.25) is 0 Å². The molecule has 3 N–H and O–H groups in total. The molecular formula is C17H20N2O2S. The van der Waals surface area contributed by atoms with E-state index in [1.807, 2.05) is 26.0 Å². The van der Waals surface area contributed by atoms with Crippen molar-refractivity contribution in [1.82, 2.24) is 0 Å². The van der Waals surface area contributed by atoms with Crippen molar-refractivity contribution in [3.05, 3.63) is 51.4 Å². The molecule has 4 nitrogen and oxygen atoms in total. The number of carbonyl (C=O) groups is 2. The van der Waals surface area contributed by atoms with Gasteiger partial charge in [-0.3, -0.25) is 9.59 Å². The number of aryl methyl sites for hydroxylation is 1. The molecule has 1 aromatic carbocycles. The molecular weight excluding hydrogens is 296 g/mol. The highest BCUT2D eigenvalue weighted by molar-refractivity contribution is 7.16. The van der Waals surface area contributed by atoms with Crippen LogP contribution < -0.4 is 11.1 Å². The number of anilines is 1. The maximum atomic E-state index is 12.3. The smallest absolute Gasteiger partial charge is 0.256 e. The lowest BCUT2D eigenvalue weighted by molar-refractivity contribution is 0.100. The second-order valence-corrected chi connectivity index (χ2v) is 6.81. The average Bonchev–Trinajstić information content (AvgIpc) is 2.73. The lowest BCUT2D eigenvalue weighted by atomic mass is 10.0. The average molecular weight is 316 g/mol. The van der Waals surface area contributed by atoms with E-state index in [4.69, 9.17) is 5.73 Å². The lowest BCUT2D eigenvalue weighted by Gasteiger charge is -2.08. The minimum absolute atomic E-state index is 0.237. The van der Waals surface area contributed by atoms with Gasteiger partial charge >= 0.3 is 0 Å². The molecule has 0 saturated heterocycles. The van der Waals surface area contributed by atoms with E-state index in [2.05, 4.69) is 19.2 Å². The van der Waals surface area contributed by atoms with Crippen molar-refractivity contribution >= 4 is 28.2 Å². The third-order valence-electron chi connectivity index (χ3n) is 3.70. The van der Waals surface area contributed by atoms with Gasteiger partial charge in [0.25, 0.3) is 11.8 Å². The van der Waals surface area contributed by atoms with E-state index in [0.717, 1.165) is 10.4 Å². The van der Waals surface area contributed by atoms with E-state index in [-0.39, 0.29) is 5.91 Å². The van der Waals surface area contributed by atoms with Gasteiger partial charge in [-0.15, -0.1) is 11.3 Å². The van der Waals surface area contributed by atoms with Crippen molar-refractivity contribution in [2.24, 2.45) is 5.73 Å². The molecule has 0 aliphatic heterocycles. The number of nitrogens with two attached hydrogens (primary N) is 1. The van der Waals surface area contributed by atoms with Crippen LogP contribution in [0.2, 0.25) is 0 Å². The molecule has 116 valence electrons. The summed E-state index contributed by atoms with van der Waals surface area (Å²) in [6.07, 6.45) is 0. The number of carbonyl (C=O) groups excluding carboxylic acids is 2. The lowest BCUT2D eigenvalue weighted by Crippen LogP contribution is -2.17. The van der Waals surface area contributed by atoms with Crippen molar-refractivity contribution in [3.8, 4) is 0 Å². The third kappa shape index (κ3) is 3.20. The van der Waals surface area contributed by atoms with Crippen LogP contribution >= 0.6 is 11.3 Å². The summed E-state index contributed by atoms with van der Waals surface area (Å²) in [7, 11) is 0. The maximum absolute atomic E-state index is 12.3. The van der Waals surface area contributed by atoms with Gasteiger partial charge in [-0.2, -0.15) is 0 Å². The van der Waals surface area contributed by atoms with E-state index >= 15 is 0 Å². The predicted molar refractivity (Wildman–Crippen MR) is 90.8 cm³/mol. The number of benzene rings is 1. The quantitative estimate of drug-likeness (QED) is 0.899. The molecule has 0 atom stereocenters. The van der Waals surface area contributed by atoms with Gasteiger partial charge < -0.3 is 11.1 Å². The molecule has 2 rings (SSSR count). The standard InChI is InChI=1S/C17H20N2O2S/c1-9(2)12-5-7-13(8-6-12)16(21)19-17-14(15(18)20)10(3)11(4)22-17/h5-9H,1-4H3,(H2,18,20)(H,19,21). The highest BCUT2D eigenvalue weighted by atomic mass is 32.1. The first kappa shape index (κ1) is 16.2. The molecule has 0 fully saturated rings. The predicted octanol–water partition coefficient (Wildman–Crippen LogP) is 3.84. The second-order valence-electron chi connectivity index (χ2n) is 5.58. The zero-order valence-electron chi connectivity index (χ0n) is 13.2. The fourth-order valence-corrected chi connectivity index (χ4v) is 3.27. The molecule has 0 aliphatic carbocycles. The van der Waals surface area contributed by atoms with Crippen LogP contribution in [0.3, 0.4) is 0 Å². The fraction of sp³-hybridized carbons (Fsp3) is 0.294. The van der Waals surface area contributed by atoms with Crippen LogP contribution in [0.4, 0.5) is 5.00 Å². The van der Waals surface area contributed by atoms with Crippen LogP contribution in [0, 0.1) is 13.8 Å². The SMILES string of the molecule is Cc1sc(NC(=O)c2ccc(C(C)C)cc2)c(C(N)=O)c1C. The van der Waals surface area contributed by atoms with Gasteiger partial charge in [0.05, 0.1) is 5.56 Å². The van der Waals surface area contributed by atoms with Crippen molar-refractivity contribution in [3.63, 3.8) is 0 Å². The fourth-order valence-electron chi connectivity index (χ4n) is 2.21. The minimum atomic E-state index is -0.521. The molecule has 1 aromatic heterocycles. The molecule has 0 saturated carbocycles. The zero-order valence-corrected chi connectivity index (χ0v) is 14.0. The van der Waals surface area contributed by atoms with Crippen molar-refractivity contribution in [2.45, 2.75) is 33.6 Å². The minimum Gasteiger partial charge on any atom is -0.365 e. The van der Waals surface area contributed by atoms with Gasteiger partial charge in [-0.05, 0) is 43.0 Å². The number of rotatable bonds is 4. The first-order valence-corrected chi connectivity index (χ1v) is 7.94. The van der Waals surface area contributed by atoms with Crippen LogP contribution in [-0.2, 0) is 0 Å². The molecule has 0 bridgehead atoms. The highest BCUT2D eigenvalue weighted by Gasteiger charge is 2.19. The zero-order chi connectivity index (χ0) is 16.4. The molecule has 0 spiro atoms. The van der Waals surface area contributed by atoms with E-state index < -0.39 is 5.91 Å². The number of hydrogen-bond donors (Lipinski definition) is 2. The summed E-state index contributed by atoms with van der Waals surface area (Å²) in [6.45, 7) is 7.94. The van der Waals surface area contributed by atoms with Gasteiger partial charge in [0.15, 0.2) is 0 Å². The number of hydrogen-bond acceptors (Lipinski definition) is 3. The summed E-state index contributed by atoms with van der Waals surface area (Å²) in [5.74, 6) is -0.340. The van der Waals surface area contributed by atoms with Gasteiger partial charge in [-0.1, -0.05) is 26.0 Å². The summed E-state index contributed by atoms with van der Waals surface area (Å²) in [5, 5.41) is 3.31. The Hall–Kier alpha value is -2.14. The maximum Gasteiger partial charge on any atom is 0.256 e. The number of thiophene rings is 1. The summed E-state index contributed by atoms with van der Waals surface area (Å²) in [6, 6.07) is 7.48. The van der Waals surface area contributed by atoms with Crippen molar-refractivity contribution < 1.29 is 9.59 Å². The second kappa shape index (κ2) is 6.32. The summed E-state index contributed by atoms with van der Waals surface area (Å²) in [5.41, 5.74) is 8.37. The highest BCUT2D eigenvalue weighted by Crippen LogP contribution is 2.32. The van der Waals surface area contributed by atoms with Gasteiger partial charge in [0, 0.05) is 10.4 Å². The number of nitrogens with one attached hydrogen (secondary N) is 1. The third-order valence-corrected chi connectivity index (χ3v) is 4.82. The Bertz CT molecular complexity index is 715. The number of primary amides is 1. The van der Waals surface area contributed by atoms with E-state index in [0.29, 0.717) is 22.0 Å². The van der Waals surface area contributed by atoms with Crippen LogP contribution in [-0.4, -0.2) is 11.8 Å². The van der Waals surface area contributed by atoms with Gasteiger partial charge in [0.1, 0.15) is 5.00 Å². The molecule has 22 heavy (non-hydrogen) atoms. The summed E-state index contributed by atoms with van der Waals surface area (Å²) < 4.78 is 0. The van der Waals surface area contributed by atoms with Crippen molar-refractivity contribution in [1.29, 1.82) is 0 Å². The Labute approximate surface area is 134 Å². The Balaban J connectivity index is 2.26. The molecule has 0 aliphatic rings. The molecule has 1 heterocycles. The van der Waals surface area contributed by atoms with E-state index in [1.165, 1.54) is 16.9 Å². The monoisotopic (exact) mass is 316 g/mol. The first-order chi connectivity index (χ1) is 10.3. The van der Waals surface area contributed by atoms with Gasteiger partial charge in [-0.25, -0.2) is 0 Å². The Kier molecular flexibility index (Phi) is 4.66. The first-order valence-electron chi connectivity index (χ1n) is 7.12.